The fourth-order valence-corrected chi connectivity index (χ4v) is 2.60. The van der Waals surface area contributed by atoms with Crippen LogP contribution in [0.25, 0.3) is 6.08 Å². The second-order valence-electron chi connectivity index (χ2n) is 5.72. The van der Waals surface area contributed by atoms with Crippen molar-refractivity contribution in [3.05, 3.63) is 52.6 Å². The van der Waals surface area contributed by atoms with E-state index in [0.717, 1.165) is 29.1 Å². The van der Waals surface area contributed by atoms with Crippen LogP contribution in [-0.2, 0) is 0 Å². The van der Waals surface area contributed by atoms with Gasteiger partial charge in [0.25, 0.3) is 0 Å². The molecule has 0 atom stereocenters. The lowest BCUT2D eigenvalue weighted by Gasteiger charge is -2.28. The van der Waals surface area contributed by atoms with Crippen molar-refractivity contribution in [3.63, 3.8) is 0 Å². The summed E-state index contributed by atoms with van der Waals surface area (Å²) >= 11 is 5.96. The van der Waals surface area contributed by atoms with Crippen LogP contribution in [0.4, 0.5) is 0 Å². The Morgan fingerprint density at radius 3 is 2.74 bits per heavy atom. The summed E-state index contributed by atoms with van der Waals surface area (Å²) in [6, 6.07) is 7.73. The summed E-state index contributed by atoms with van der Waals surface area (Å²) in [5.74, 6) is 0. The first-order valence-electron chi connectivity index (χ1n) is 6.34. The van der Waals surface area contributed by atoms with E-state index in [4.69, 9.17) is 16.8 Å². The summed E-state index contributed by atoms with van der Waals surface area (Å²) in [6.45, 7) is 4.36. The largest absolute Gasteiger partial charge is 0.411 e. The van der Waals surface area contributed by atoms with Crippen LogP contribution in [0.2, 0.25) is 5.02 Å². The number of rotatable bonds is 2. The summed E-state index contributed by atoms with van der Waals surface area (Å²) in [5, 5.41) is 13.0. The lowest BCUT2D eigenvalue weighted by molar-refractivity contribution is 0.308. The molecule has 1 N–H and O–H groups in total. The molecule has 0 saturated carbocycles. The van der Waals surface area contributed by atoms with Gasteiger partial charge in [-0.15, -0.1) is 0 Å². The Balaban J connectivity index is 2.20. The minimum Gasteiger partial charge on any atom is -0.411 e. The predicted molar refractivity (Wildman–Crippen MR) is 80.8 cm³/mol. The molecule has 0 saturated heterocycles. The fraction of sp³-hybridized carbons (Fsp3) is 0.312. The maximum atomic E-state index is 8.96. The van der Waals surface area contributed by atoms with E-state index < -0.39 is 0 Å². The molecule has 0 fully saturated rings. The number of benzene rings is 1. The Morgan fingerprint density at radius 2 is 2.05 bits per heavy atom. The van der Waals surface area contributed by atoms with Gasteiger partial charge in [-0.2, -0.15) is 0 Å². The summed E-state index contributed by atoms with van der Waals surface area (Å²) < 4.78 is 0. The topological polar surface area (TPSA) is 32.6 Å². The second kappa shape index (κ2) is 5.62. The Labute approximate surface area is 119 Å². The van der Waals surface area contributed by atoms with Crippen molar-refractivity contribution < 1.29 is 5.21 Å². The van der Waals surface area contributed by atoms with Gasteiger partial charge in [0.1, 0.15) is 0 Å². The number of allylic oxidation sites excluding steroid dienone is 3. The first kappa shape index (κ1) is 13.9. The third-order valence-electron chi connectivity index (χ3n) is 3.16. The summed E-state index contributed by atoms with van der Waals surface area (Å²) in [5.41, 5.74) is 3.11. The first-order chi connectivity index (χ1) is 8.98. The van der Waals surface area contributed by atoms with Crippen LogP contribution in [0, 0.1) is 5.41 Å². The molecule has 0 aliphatic heterocycles. The standard InChI is InChI=1S/C16H18ClNO/c1-16(2)10-13(9-15(11-16)18-19)7-6-12-4-3-5-14(17)8-12/h3-9,19H,10-11H2,1-2H3. The number of hydrogen-bond acceptors (Lipinski definition) is 2. The number of halogens is 1. The van der Waals surface area contributed by atoms with E-state index in [2.05, 4.69) is 25.1 Å². The molecule has 0 heterocycles. The van der Waals surface area contributed by atoms with Crippen molar-refractivity contribution in [2.75, 3.05) is 0 Å². The van der Waals surface area contributed by atoms with Crippen LogP contribution >= 0.6 is 11.6 Å². The van der Waals surface area contributed by atoms with E-state index >= 15 is 0 Å². The highest BCUT2D eigenvalue weighted by atomic mass is 35.5. The number of hydrogen-bond donors (Lipinski definition) is 1. The van der Waals surface area contributed by atoms with Gasteiger partial charge in [-0.3, -0.25) is 0 Å². The maximum Gasteiger partial charge on any atom is 0.0803 e. The average molecular weight is 276 g/mol. The van der Waals surface area contributed by atoms with Gasteiger partial charge in [0.2, 0.25) is 0 Å². The van der Waals surface area contributed by atoms with Gasteiger partial charge in [-0.1, -0.05) is 54.9 Å². The monoisotopic (exact) mass is 275 g/mol. The van der Waals surface area contributed by atoms with Gasteiger partial charge < -0.3 is 5.21 Å². The van der Waals surface area contributed by atoms with Crippen molar-refractivity contribution in [2.24, 2.45) is 10.6 Å². The third kappa shape index (κ3) is 3.97. The predicted octanol–water partition coefficient (Wildman–Crippen LogP) is 4.93. The van der Waals surface area contributed by atoms with Crippen LogP contribution in [0.3, 0.4) is 0 Å². The van der Waals surface area contributed by atoms with Crippen LogP contribution in [0.15, 0.2) is 47.1 Å². The molecule has 2 nitrogen and oxygen atoms in total. The summed E-state index contributed by atoms with van der Waals surface area (Å²) in [4.78, 5) is 0. The number of nitrogens with zero attached hydrogens (tertiary/aromatic N) is 1. The van der Waals surface area contributed by atoms with Gasteiger partial charge in [0.15, 0.2) is 0 Å². The van der Waals surface area contributed by atoms with Crippen molar-refractivity contribution in [1.29, 1.82) is 0 Å². The van der Waals surface area contributed by atoms with E-state index in [1.165, 1.54) is 5.57 Å². The minimum absolute atomic E-state index is 0.129. The van der Waals surface area contributed by atoms with Crippen molar-refractivity contribution in [1.82, 2.24) is 0 Å². The Bertz CT molecular complexity index is 556. The van der Waals surface area contributed by atoms with Gasteiger partial charge in [-0.25, -0.2) is 0 Å². The molecule has 0 radical (unpaired) electrons. The van der Waals surface area contributed by atoms with Crippen LogP contribution < -0.4 is 0 Å². The van der Waals surface area contributed by atoms with Gasteiger partial charge in [0, 0.05) is 5.02 Å². The van der Waals surface area contributed by atoms with Gasteiger partial charge >= 0.3 is 0 Å². The zero-order chi connectivity index (χ0) is 13.9. The molecule has 0 amide bonds. The molecule has 0 aromatic heterocycles. The summed E-state index contributed by atoms with van der Waals surface area (Å²) in [7, 11) is 0. The zero-order valence-electron chi connectivity index (χ0n) is 11.2. The Kier molecular flexibility index (Phi) is 4.11. The maximum absolute atomic E-state index is 8.96. The van der Waals surface area contributed by atoms with E-state index in [9.17, 15) is 0 Å². The second-order valence-corrected chi connectivity index (χ2v) is 6.15. The summed E-state index contributed by atoms with van der Waals surface area (Å²) in [6.07, 6.45) is 7.83. The molecule has 2 rings (SSSR count). The molecule has 1 aromatic rings. The molecule has 1 aliphatic carbocycles. The molecule has 3 heteroatoms. The molecular weight excluding hydrogens is 258 g/mol. The molecule has 0 unspecified atom stereocenters. The molecular formula is C16H18ClNO. The first-order valence-corrected chi connectivity index (χ1v) is 6.71. The molecule has 1 aliphatic rings. The van der Waals surface area contributed by atoms with Crippen molar-refractivity contribution in [3.8, 4) is 0 Å². The minimum atomic E-state index is 0.129. The SMILES string of the molecule is CC1(C)CC(C=Cc2cccc(Cl)c2)=CC(=NO)C1. The Hall–Kier alpha value is -1.54. The van der Waals surface area contributed by atoms with Gasteiger partial charge in [-0.05, 0) is 47.6 Å². The molecule has 1 aromatic carbocycles. The molecule has 0 spiro atoms. The lowest BCUT2D eigenvalue weighted by Crippen LogP contribution is -2.21. The van der Waals surface area contributed by atoms with Crippen molar-refractivity contribution in [2.45, 2.75) is 26.7 Å². The lowest BCUT2D eigenvalue weighted by atomic mass is 9.76. The van der Waals surface area contributed by atoms with E-state index in [1.807, 2.05) is 36.4 Å². The quantitative estimate of drug-likeness (QED) is 0.602. The highest BCUT2D eigenvalue weighted by Gasteiger charge is 2.25. The van der Waals surface area contributed by atoms with E-state index in [1.54, 1.807) is 0 Å². The van der Waals surface area contributed by atoms with E-state index in [-0.39, 0.29) is 5.41 Å². The van der Waals surface area contributed by atoms with Crippen molar-refractivity contribution >= 4 is 23.4 Å². The normalized spacial score (nSPS) is 20.8. The third-order valence-corrected chi connectivity index (χ3v) is 3.40. The molecule has 100 valence electrons. The van der Waals surface area contributed by atoms with Crippen LogP contribution in [0.1, 0.15) is 32.3 Å². The Morgan fingerprint density at radius 1 is 1.26 bits per heavy atom. The highest BCUT2D eigenvalue weighted by Crippen LogP contribution is 2.34. The van der Waals surface area contributed by atoms with Crippen LogP contribution in [-0.4, -0.2) is 10.9 Å². The smallest absolute Gasteiger partial charge is 0.0803 e. The zero-order valence-corrected chi connectivity index (χ0v) is 12.0. The van der Waals surface area contributed by atoms with E-state index in [0.29, 0.717) is 0 Å². The van der Waals surface area contributed by atoms with Crippen LogP contribution in [0.5, 0.6) is 0 Å². The number of oxime groups is 1. The fourth-order valence-electron chi connectivity index (χ4n) is 2.41. The molecule has 0 bridgehead atoms. The molecule has 19 heavy (non-hydrogen) atoms. The van der Waals surface area contributed by atoms with Gasteiger partial charge in [0.05, 0.1) is 5.71 Å². The highest BCUT2D eigenvalue weighted by molar-refractivity contribution is 6.30. The average Bonchev–Trinajstić information content (AvgIpc) is 2.34.